The summed E-state index contributed by atoms with van der Waals surface area (Å²) in [6.45, 7) is 3.25. The molecule has 1 aliphatic heterocycles. The van der Waals surface area contributed by atoms with Crippen LogP contribution < -0.4 is 5.46 Å². The second kappa shape index (κ2) is 4.42. The highest BCUT2D eigenvalue weighted by molar-refractivity contribution is 6.61. The summed E-state index contributed by atoms with van der Waals surface area (Å²) in [6, 6.07) is 3.73. The lowest BCUT2D eigenvalue weighted by molar-refractivity contribution is 0.275. The first-order valence-electron chi connectivity index (χ1n) is 5.84. The zero-order valence-corrected chi connectivity index (χ0v) is 10.7. The Morgan fingerprint density at radius 3 is 3.11 bits per heavy atom. The quantitative estimate of drug-likeness (QED) is 0.833. The van der Waals surface area contributed by atoms with Crippen LogP contribution in [0, 0.1) is 0 Å². The van der Waals surface area contributed by atoms with Crippen LogP contribution >= 0.6 is 11.6 Å². The lowest BCUT2D eigenvalue weighted by Crippen LogP contribution is -2.28. The van der Waals surface area contributed by atoms with Crippen LogP contribution in [0.4, 0.5) is 0 Å². The Bertz CT molecular complexity index is 600. The van der Waals surface area contributed by atoms with Crippen molar-refractivity contribution in [3.05, 3.63) is 35.1 Å². The van der Waals surface area contributed by atoms with E-state index in [4.69, 9.17) is 16.3 Å². The molecule has 2 aromatic rings. The van der Waals surface area contributed by atoms with Crippen molar-refractivity contribution in [2.45, 2.75) is 20.1 Å². The van der Waals surface area contributed by atoms with E-state index in [1.165, 1.54) is 0 Å². The van der Waals surface area contributed by atoms with Crippen molar-refractivity contribution < 1.29 is 9.68 Å². The zero-order valence-electron chi connectivity index (χ0n) is 9.93. The molecule has 0 spiro atoms. The highest BCUT2D eigenvalue weighted by atomic mass is 35.5. The van der Waals surface area contributed by atoms with Gasteiger partial charge < -0.3 is 9.68 Å². The number of rotatable bonds is 2. The van der Waals surface area contributed by atoms with Gasteiger partial charge in [-0.15, -0.1) is 0 Å². The first kappa shape index (κ1) is 11.8. The lowest BCUT2D eigenvalue weighted by Gasteiger charge is -2.05. The van der Waals surface area contributed by atoms with Crippen LogP contribution in [0.2, 0.25) is 5.02 Å². The summed E-state index contributed by atoms with van der Waals surface area (Å²) in [5, 5.41) is 14.6. The van der Waals surface area contributed by atoms with Crippen LogP contribution in [0.15, 0.2) is 24.5 Å². The molecule has 1 aliphatic rings. The van der Waals surface area contributed by atoms with Crippen LogP contribution in [0.5, 0.6) is 0 Å². The van der Waals surface area contributed by atoms with Crippen LogP contribution in [0.3, 0.4) is 0 Å². The topological polar surface area (TPSA) is 47.3 Å². The van der Waals surface area contributed by atoms with E-state index in [1.54, 1.807) is 6.20 Å². The minimum absolute atomic E-state index is 0.407. The van der Waals surface area contributed by atoms with Crippen LogP contribution in [0.1, 0.15) is 12.5 Å². The molecule has 1 N–H and O–H groups in total. The van der Waals surface area contributed by atoms with Crippen LogP contribution in [-0.4, -0.2) is 21.9 Å². The molecule has 0 fully saturated rings. The number of benzene rings is 1. The fourth-order valence-corrected chi connectivity index (χ4v) is 2.44. The Labute approximate surface area is 110 Å². The number of hydrogen-bond donors (Lipinski definition) is 1. The lowest BCUT2D eigenvalue weighted by atomic mass is 9.78. The van der Waals surface area contributed by atoms with E-state index in [1.807, 2.05) is 29.9 Å². The second-order valence-corrected chi connectivity index (χ2v) is 4.69. The monoisotopic (exact) mass is 262 g/mol. The largest absolute Gasteiger partial charge is 0.491 e. The summed E-state index contributed by atoms with van der Waals surface area (Å²) in [5.74, 6) is 0. The van der Waals surface area contributed by atoms with Gasteiger partial charge in [0.05, 0.1) is 12.8 Å². The fourth-order valence-electron chi connectivity index (χ4n) is 2.14. The fraction of sp³-hybridized carbons (Fsp3) is 0.250. The van der Waals surface area contributed by atoms with Crippen molar-refractivity contribution in [3.63, 3.8) is 0 Å². The smallest absolute Gasteiger partial charge is 0.423 e. The third kappa shape index (κ3) is 1.84. The highest BCUT2D eigenvalue weighted by Crippen LogP contribution is 2.29. The van der Waals surface area contributed by atoms with Crippen molar-refractivity contribution in [3.8, 4) is 11.1 Å². The van der Waals surface area contributed by atoms with Gasteiger partial charge in [0.15, 0.2) is 0 Å². The molecule has 6 heteroatoms. The van der Waals surface area contributed by atoms with Gasteiger partial charge in [0, 0.05) is 28.9 Å². The van der Waals surface area contributed by atoms with Crippen molar-refractivity contribution in [2.75, 3.05) is 0 Å². The van der Waals surface area contributed by atoms with Gasteiger partial charge in [-0.1, -0.05) is 17.7 Å². The summed E-state index contributed by atoms with van der Waals surface area (Å²) in [4.78, 5) is 0. The predicted molar refractivity (Wildman–Crippen MR) is 70.7 cm³/mol. The Morgan fingerprint density at radius 2 is 2.39 bits per heavy atom. The Balaban J connectivity index is 2.09. The van der Waals surface area contributed by atoms with Crippen molar-refractivity contribution in [1.82, 2.24) is 9.78 Å². The standard InChI is InChI=1S/C12H12BClN2O2/c1-2-16-6-9(5-15-16)10-4-11-8(3-12(10)14)7-18-13(11)17/h3-6,17H,2,7H2,1H3. The average molecular weight is 263 g/mol. The Morgan fingerprint density at radius 1 is 1.56 bits per heavy atom. The van der Waals surface area contributed by atoms with Crippen molar-refractivity contribution in [2.24, 2.45) is 0 Å². The third-order valence-corrected chi connectivity index (χ3v) is 3.47. The number of halogens is 1. The molecule has 0 bridgehead atoms. The molecule has 0 radical (unpaired) electrons. The first-order valence-corrected chi connectivity index (χ1v) is 6.21. The minimum Gasteiger partial charge on any atom is -0.423 e. The molecule has 92 valence electrons. The molecule has 0 amide bonds. The molecule has 3 rings (SSSR count). The molecular weight excluding hydrogens is 250 g/mol. The van der Waals surface area contributed by atoms with Gasteiger partial charge in [-0.2, -0.15) is 5.10 Å². The van der Waals surface area contributed by atoms with E-state index in [-0.39, 0.29) is 0 Å². The molecule has 0 unspecified atom stereocenters. The number of hydrogen-bond acceptors (Lipinski definition) is 3. The Hall–Kier alpha value is -1.30. The molecule has 18 heavy (non-hydrogen) atoms. The second-order valence-electron chi connectivity index (χ2n) is 4.28. The molecule has 0 atom stereocenters. The SMILES string of the molecule is CCn1cc(-c2cc3c(cc2Cl)COB3O)cn1. The van der Waals surface area contributed by atoms with Gasteiger partial charge in [-0.05, 0) is 24.0 Å². The van der Waals surface area contributed by atoms with Gasteiger partial charge in [0.1, 0.15) is 0 Å². The van der Waals surface area contributed by atoms with Gasteiger partial charge in [-0.25, -0.2) is 0 Å². The minimum atomic E-state index is -0.850. The van der Waals surface area contributed by atoms with Gasteiger partial charge >= 0.3 is 7.12 Å². The van der Waals surface area contributed by atoms with Gasteiger partial charge in [0.25, 0.3) is 0 Å². The molecule has 0 saturated heterocycles. The summed E-state index contributed by atoms with van der Waals surface area (Å²) < 4.78 is 7.01. The van der Waals surface area contributed by atoms with E-state index in [0.717, 1.165) is 28.7 Å². The number of nitrogens with zero attached hydrogens (tertiary/aromatic N) is 2. The number of aryl methyl sites for hydroxylation is 1. The van der Waals surface area contributed by atoms with E-state index < -0.39 is 7.12 Å². The summed E-state index contributed by atoms with van der Waals surface area (Å²) >= 11 is 6.27. The zero-order chi connectivity index (χ0) is 12.7. The summed E-state index contributed by atoms with van der Waals surface area (Å²) in [5.41, 5.74) is 3.56. The average Bonchev–Trinajstić information content (AvgIpc) is 2.96. The Kier molecular flexibility index (Phi) is 2.89. The summed E-state index contributed by atoms with van der Waals surface area (Å²) in [6.07, 6.45) is 3.72. The normalized spacial score (nSPS) is 14.1. The van der Waals surface area contributed by atoms with Crippen LogP contribution in [-0.2, 0) is 17.8 Å². The molecule has 0 aliphatic carbocycles. The van der Waals surface area contributed by atoms with E-state index in [9.17, 15) is 5.02 Å². The molecule has 2 heterocycles. The maximum atomic E-state index is 9.71. The van der Waals surface area contributed by atoms with Gasteiger partial charge in [0.2, 0.25) is 0 Å². The highest BCUT2D eigenvalue weighted by Gasteiger charge is 2.28. The predicted octanol–water partition coefficient (Wildman–Crippen LogP) is 1.44. The maximum Gasteiger partial charge on any atom is 0.491 e. The van der Waals surface area contributed by atoms with E-state index >= 15 is 0 Å². The molecular formula is C12H12BClN2O2. The van der Waals surface area contributed by atoms with Crippen LogP contribution in [0.25, 0.3) is 11.1 Å². The number of fused-ring (bicyclic) bond motifs is 1. The first-order chi connectivity index (χ1) is 8.69. The van der Waals surface area contributed by atoms with Crippen molar-refractivity contribution >= 4 is 24.2 Å². The van der Waals surface area contributed by atoms with Gasteiger partial charge in [-0.3, -0.25) is 4.68 Å². The molecule has 1 aromatic carbocycles. The van der Waals surface area contributed by atoms with E-state index in [0.29, 0.717) is 11.6 Å². The molecule has 4 nitrogen and oxygen atoms in total. The summed E-state index contributed by atoms with van der Waals surface area (Å²) in [7, 11) is -0.850. The number of aromatic nitrogens is 2. The van der Waals surface area contributed by atoms with Crippen molar-refractivity contribution in [1.29, 1.82) is 0 Å². The maximum absolute atomic E-state index is 9.71. The molecule has 0 saturated carbocycles. The molecule has 1 aromatic heterocycles. The van der Waals surface area contributed by atoms with E-state index in [2.05, 4.69) is 5.10 Å². The third-order valence-electron chi connectivity index (χ3n) is 3.16.